The quantitative estimate of drug-likeness (QED) is 0.844. The fourth-order valence-electron chi connectivity index (χ4n) is 3.72. The lowest BCUT2D eigenvalue weighted by atomic mass is 9.81. The summed E-state index contributed by atoms with van der Waals surface area (Å²) in [7, 11) is -3.33. The highest BCUT2D eigenvalue weighted by molar-refractivity contribution is 7.89. The Morgan fingerprint density at radius 2 is 2.05 bits per heavy atom. The molecule has 1 saturated heterocycles. The lowest BCUT2D eigenvalue weighted by Gasteiger charge is -2.23. The summed E-state index contributed by atoms with van der Waals surface area (Å²) >= 11 is 0. The molecule has 0 unspecified atom stereocenters. The molecule has 0 radical (unpaired) electrons. The summed E-state index contributed by atoms with van der Waals surface area (Å²) in [5.74, 6) is -0.697. The number of fused-ring (bicyclic) bond motifs is 1. The number of hydrogen-bond donors (Lipinski definition) is 1. The molecule has 2 fully saturated rings. The third kappa shape index (κ3) is 3.42. The van der Waals surface area contributed by atoms with Gasteiger partial charge in [0.1, 0.15) is 0 Å². The molecular weight excluding hydrogens is 290 g/mol. The van der Waals surface area contributed by atoms with Crippen LogP contribution >= 0.6 is 0 Å². The van der Waals surface area contributed by atoms with E-state index in [0.29, 0.717) is 19.4 Å². The lowest BCUT2D eigenvalue weighted by Crippen LogP contribution is -2.38. The molecule has 0 bridgehead atoms. The molecule has 0 aromatic rings. The van der Waals surface area contributed by atoms with Gasteiger partial charge in [-0.1, -0.05) is 27.2 Å². The monoisotopic (exact) mass is 317 g/mol. The van der Waals surface area contributed by atoms with E-state index in [-0.39, 0.29) is 23.6 Å². The molecule has 0 spiro atoms. The van der Waals surface area contributed by atoms with Crippen LogP contribution in [0.1, 0.15) is 52.9 Å². The van der Waals surface area contributed by atoms with Crippen LogP contribution in [-0.2, 0) is 14.8 Å². The van der Waals surface area contributed by atoms with Gasteiger partial charge >= 0.3 is 5.97 Å². The first-order valence-corrected chi connectivity index (χ1v) is 9.39. The lowest BCUT2D eigenvalue weighted by molar-refractivity contribution is -0.149. The molecule has 0 aromatic carbocycles. The van der Waals surface area contributed by atoms with Crippen molar-refractivity contribution in [2.24, 2.45) is 16.7 Å². The van der Waals surface area contributed by atoms with E-state index in [2.05, 4.69) is 20.8 Å². The number of hydrogen-bond acceptors (Lipinski definition) is 3. The predicted molar refractivity (Wildman–Crippen MR) is 81.5 cm³/mol. The number of carbonyl (C=O) groups is 1. The Morgan fingerprint density at radius 1 is 1.38 bits per heavy atom. The highest BCUT2D eigenvalue weighted by atomic mass is 32.2. The molecule has 2 aliphatic rings. The van der Waals surface area contributed by atoms with Gasteiger partial charge in [0.15, 0.2) is 0 Å². The average molecular weight is 317 g/mol. The second-order valence-electron chi connectivity index (χ2n) is 7.82. The Morgan fingerprint density at radius 3 is 2.57 bits per heavy atom. The van der Waals surface area contributed by atoms with Crippen LogP contribution < -0.4 is 0 Å². The smallest absolute Gasteiger partial charge is 0.311 e. The van der Waals surface area contributed by atoms with Gasteiger partial charge in [0, 0.05) is 13.1 Å². The second kappa shape index (κ2) is 5.54. The molecule has 1 heterocycles. The van der Waals surface area contributed by atoms with Gasteiger partial charge in [0.25, 0.3) is 0 Å². The van der Waals surface area contributed by atoms with Crippen LogP contribution in [-0.4, -0.2) is 42.6 Å². The zero-order valence-electron chi connectivity index (χ0n) is 13.3. The van der Waals surface area contributed by atoms with E-state index < -0.39 is 21.4 Å². The van der Waals surface area contributed by atoms with E-state index in [0.717, 1.165) is 19.3 Å². The van der Waals surface area contributed by atoms with Gasteiger partial charge in [-0.15, -0.1) is 0 Å². The normalized spacial score (nSPS) is 30.5. The Kier molecular flexibility index (Phi) is 4.42. The van der Waals surface area contributed by atoms with E-state index in [1.165, 1.54) is 4.31 Å². The zero-order valence-corrected chi connectivity index (χ0v) is 14.1. The van der Waals surface area contributed by atoms with Crippen molar-refractivity contribution >= 4 is 16.0 Å². The number of sulfonamides is 1. The van der Waals surface area contributed by atoms with Crippen molar-refractivity contribution in [2.75, 3.05) is 18.8 Å². The molecule has 1 saturated carbocycles. The van der Waals surface area contributed by atoms with Crippen molar-refractivity contribution in [2.45, 2.75) is 52.9 Å². The van der Waals surface area contributed by atoms with Gasteiger partial charge in [-0.2, -0.15) is 0 Å². The maximum atomic E-state index is 12.4. The molecule has 1 N–H and O–H groups in total. The van der Waals surface area contributed by atoms with Gasteiger partial charge in [-0.25, -0.2) is 12.7 Å². The van der Waals surface area contributed by atoms with Gasteiger partial charge < -0.3 is 5.11 Å². The fourth-order valence-corrected chi connectivity index (χ4v) is 5.32. The average Bonchev–Trinajstić information content (AvgIpc) is 2.82. The summed E-state index contributed by atoms with van der Waals surface area (Å²) < 4.78 is 26.3. The molecule has 21 heavy (non-hydrogen) atoms. The number of carboxylic acid groups (broad SMARTS) is 1. The number of carboxylic acids is 1. The van der Waals surface area contributed by atoms with Gasteiger partial charge in [0.05, 0.1) is 11.2 Å². The molecule has 5 nitrogen and oxygen atoms in total. The van der Waals surface area contributed by atoms with Crippen molar-refractivity contribution in [1.29, 1.82) is 0 Å². The molecule has 1 aliphatic carbocycles. The Balaban J connectivity index is 2.01. The minimum absolute atomic E-state index is 0.00705. The molecule has 0 aromatic heterocycles. The zero-order chi connectivity index (χ0) is 15.9. The molecule has 0 amide bonds. The second-order valence-corrected chi connectivity index (χ2v) is 9.91. The van der Waals surface area contributed by atoms with E-state index in [1.807, 2.05) is 0 Å². The standard InChI is InChI=1S/C15H27NO4S/c1-14(2,3)7-5-9-21(19,20)16-10-12-6-4-8-15(12,11-16)13(17)18/h12H,4-11H2,1-3H3,(H,17,18)/t12-,15+/m0/s1. The van der Waals surface area contributed by atoms with E-state index >= 15 is 0 Å². The Hall–Kier alpha value is -0.620. The summed E-state index contributed by atoms with van der Waals surface area (Å²) in [5.41, 5.74) is -0.698. The third-order valence-corrected chi connectivity index (χ3v) is 6.86. The minimum Gasteiger partial charge on any atom is -0.481 e. The van der Waals surface area contributed by atoms with Crippen LogP contribution in [0.15, 0.2) is 0 Å². The van der Waals surface area contributed by atoms with Crippen LogP contribution in [0.2, 0.25) is 0 Å². The molecular formula is C15H27NO4S. The van der Waals surface area contributed by atoms with Crippen LogP contribution in [0, 0.1) is 16.7 Å². The van der Waals surface area contributed by atoms with E-state index in [1.54, 1.807) is 0 Å². The highest BCUT2D eigenvalue weighted by Gasteiger charge is 2.56. The van der Waals surface area contributed by atoms with Gasteiger partial charge in [0.2, 0.25) is 10.0 Å². The van der Waals surface area contributed by atoms with Crippen LogP contribution in [0.25, 0.3) is 0 Å². The summed E-state index contributed by atoms with van der Waals surface area (Å²) in [6.07, 6.45) is 3.83. The summed E-state index contributed by atoms with van der Waals surface area (Å²) in [4.78, 5) is 11.6. The SMILES string of the molecule is CC(C)(C)CCCS(=O)(=O)N1C[C@@H]2CCC[C@@]2(C(=O)O)C1. The van der Waals surface area contributed by atoms with Crippen molar-refractivity contribution in [3.05, 3.63) is 0 Å². The Bertz CT molecular complexity index is 508. The first-order chi connectivity index (χ1) is 9.57. The molecule has 2 rings (SSSR count). The van der Waals surface area contributed by atoms with Crippen LogP contribution in [0.5, 0.6) is 0 Å². The maximum Gasteiger partial charge on any atom is 0.311 e. The molecule has 122 valence electrons. The maximum absolute atomic E-state index is 12.4. The fraction of sp³-hybridized carbons (Fsp3) is 0.933. The highest BCUT2D eigenvalue weighted by Crippen LogP contribution is 2.49. The number of nitrogens with zero attached hydrogens (tertiary/aromatic N) is 1. The summed E-state index contributed by atoms with van der Waals surface area (Å²) in [5, 5.41) is 9.52. The largest absolute Gasteiger partial charge is 0.481 e. The first-order valence-electron chi connectivity index (χ1n) is 7.78. The Labute approximate surface area is 127 Å². The van der Waals surface area contributed by atoms with E-state index in [9.17, 15) is 18.3 Å². The summed E-state index contributed by atoms with van der Waals surface area (Å²) in [6, 6.07) is 0. The molecule has 6 heteroatoms. The van der Waals surface area contributed by atoms with Crippen molar-refractivity contribution in [3.8, 4) is 0 Å². The minimum atomic E-state index is -3.33. The molecule has 2 atom stereocenters. The van der Waals surface area contributed by atoms with E-state index in [4.69, 9.17) is 0 Å². The number of rotatable bonds is 5. The third-order valence-electron chi connectivity index (χ3n) is 4.99. The van der Waals surface area contributed by atoms with Crippen molar-refractivity contribution in [1.82, 2.24) is 4.31 Å². The topological polar surface area (TPSA) is 74.7 Å². The van der Waals surface area contributed by atoms with Gasteiger partial charge in [-0.05, 0) is 37.0 Å². The van der Waals surface area contributed by atoms with Crippen LogP contribution in [0.4, 0.5) is 0 Å². The first kappa shape index (κ1) is 16.7. The van der Waals surface area contributed by atoms with Gasteiger partial charge in [-0.3, -0.25) is 4.79 Å². The van der Waals surface area contributed by atoms with Crippen molar-refractivity contribution < 1.29 is 18.3 Å². The predicted octanol–water partition coefficient (Wildman–Crippen LogP) is 2.33. The van der Waals surface area contributed by atoms with Crippen LogP contribution in [0.3, 0.4) is 0 Å². The van der Waals surface area contributed by atoms with Crippen molar-refractivity contribution in [3.63, 3.8) is 0 Å². The number of aliphatic carboxylic acids is 1. The summed E-state index contributed by atoms with van der Waals surface area (Å²) in [6.45, 7) is 6.85. The molecule has 1 aliphatic heterocycles.